The Bertz CT molecular complexity index is 545. The number of anilines is 1. The zero-order chi connectivity index (χ0) is 14.7. The maximum absolute atomic E-state index is 11.3. The number of nitrogens with zero attached hydrogens (tertiary/aromatic N) is 2. The number of nitro benzene ring substituents is 1. The number of fused-ring (bicyclic) bond motifs is 1. The molecule has 0 saturated carbocycles. The van der Waals surface area contributed by atoms with E-state index < -0.39 is 10.9 Å². The van der Waals surface area contributed by atoms with Gasteiger partial charge in [-0.15, -0.1) is 0 Å². The van der Waals surface area contributed by atoms with Gasteiger partial charge in [-0.25, -0.2) is 0 Å². The average molecular weight is 282 g/mol. The van der Waals surface area contributed by atoms with Crippen LogP contribution in [0.3, 0.4) is 0 Å². The average Bonchev–Trinajstić information content (AvgIpc) is 2.45. The van der Waals surface area contributed by atoms with Crippen molar-refractivity contribution in [3.8, 4) is 11.5 Å². The van der Waals surface area contributed by atoms with E-state index >= 15 is 0 Å². The SMILES string of the molecule is COC(=O)CN(C)c1cc2c(cc1[N+](=O)[O-])OCCO2. The maximum Gasteiger partial charge on any atom is 0.325 e. The summed E-state index contributed by atoms with van der Waals surface area (Å²) in [4.78, 5) is 23.3. The van der Waals surface area contributed by atoms with E-state index in [1.165, 1.54) is 24.1 Å². The smallest absolute Gasteiger partial charge is 0.325 e. The van der Waals surface area contributed by atoms with Gasteiger partial charge in [-0.2, -0.15) is 0 Å². The molecule has 0 saturated heterocycles. The first-order valence-electron chi connectivity index (χ1n) is 5.89. The van der Waals surface area contributed by atoms with E-state index in [9.17, 15) is 14.9 Å². The van der Waals surface area contributed by atoms with Gasteiger partial charge in [0, 0.05) is 13.1 Å². The van der Waals surface area contributed by atoms with E-state index in [4.69, 9.17) is 9.47 Å². The molecule has 20 heavy (non-hydrogen) atoms. The second-order valence-electron chi connectivity index (χ2n) is 4.17. The van der Waals surface area contributed by atoms with Gasteiger partial charge < -0.3 is 19.1 Å². The summed E-state index contributed by atoms with van der Waals surface area (Å²) in [6.45, 7) is 0.628. The van der Waals surface area contributed by atoms with Gasteiger partial charge in [0.15, 0.2) is 11.5 Å². The molecule has 0 spiro atoms. The van der Waals surface area contributed by atoms with E-state index in [1.807, 2.05) is 0 Å². The normalized spacial score (nSPS) is 12.7. The Morgan fingerprint density at radius 1 is 1.40 bits per heavy atom. The highest BCUT2D eigenvalue weighted by molar-refractivity contribution is 5.78. The largest absolute Gasteiger partial charge is 0.486 e. The van der Waals surface area contributed by atoms with Crippen molar-refractivity contribution >= 4 is 17.3 Å². The molecular weight excluding hydrogens is 268 g/mol. The number of rotatable bonds is 4. The Labute approximate surface area is 115 Å². The molecular formula is C12H14N2O6. The fraction of sp³-hybridized carbons (Fsp3) is 0.417. The summed E-state index contributed by atoms with van der Waals surface area (Å²) in [5, 5.41) is 11.1. The second kappa shape index (κ2) is 5.64. The first kappa shape index (κ1) is 13.9. The Balaban J connectivity index is 2.39. The highest BCUT2D eigenvalue weighted by Gasteiger charge is 2.25. The molecule has 8 nitrogen and oxygen atoms in total. The lowest BCUT2D eigenvalue weighted by molar-refractivity contribution is -0.384. The first-order valence-corrected chi connectivity index (χ1v) is 5.89. The number of ether oxygens (including phenoxy) is 3. The van der Waals surface area contributed by atoms with E-state index in [0.29, 0.717) is 24.7 Å². The van der Waals surface area contributed by atoms with Gasteiger partial charge in [-0.1, -0.05) is 0 Å². The maximum atomic E-state index is 11.3. The molecule has 0 aliphatic carbocycles. The number of likely N-dealkylation sites (N-methyl/N-ethyl adjacent to an activating group) is 1. The molecule has 0 atom stereocenters. The number of carbonyl (C=O) groups excluding carboxylic acids is 1. The minimum absolute atomic E-state index is 0.100. The highest BCUT2D eigenvalue weighted by atomic mass is 16.6. The third kappa shape index (κ3) is 2.73. The number of methoxy groups -OCH3 is 1. The first-order chi connectivity index (χ1) is 9.52. The fourth-order valence-electron chi connectivity index (χ4n) is 1.86. The van der Waals surface area contributed by atoms with Crippen LogP contribution in [0.1, 0.15) is 0 Å². The van der Waals surface area contributed by atoms with Crippen molar-refractivity contribution in [3.63, 3.8) is 0 Å². The lowest BCUT2D eigenvalue weighted by Crippen LogP contribution is -2.27. The standard InChI is InChI=1S/C12H14N2O6/c1-13(7-12(15)18-2)8-5-10-11(20-4-3-19-10)6-9(8)14(16)17/h5-6H,3-4,7H2,1-2H3. The molecule has 0 N–H and O–H groups in total. The van der Waals surface area contributed by atoms with Crippen molar-refractivity contribution < 1.29 is 23.9 Å². The number of hydrogen-bond donors (Lipinski definition) is 0. The van der Waals surface area contributed by atoms with Gasteiger partial charge in [-0.3, -0.25) is 14.9 Å². The van der Waals surface area contributed by atoms with E-state index in [-0.39, 0.29) is 17.9 Å². The predicted octanol–water partition coefficient (Wildman–Crippen LogP) is 0.975. The minimum Gasteiger partial charge on any atom is -0.486 e. The third-order valence-electron chi connectivity index (χ3n) is 2.84. The van der Waals surface area contributed by atoms with Gasteiger partial charge in [0.2, 0.25) is 0 Å². The molecule has 1 heterocycles. The molecule has 1 aromatic carbocycles. The van der Waals surface area contributed by atoms with Crippen LogP contribution in [0, 0.1) is 10.1 Å². The van der Waals surface area contributed by atoms with Crippen LogP contribution in [-0.4, -0.2) is 44.8 Å². The van der Waals surface area contributed by atoms with Gasteiger partial charge in [0.1, 0.15) is 25.4 Å². The van der Waals surface area contributed by atoms with Crippen molar-refractivity contribution in [2.24, 2.45) is 0 Å². The molecule has 0 unspecified atom stereocenters. The summed E-state index contributed by atoms with van der Waals surface area (Å²) in [6, 6.07) is 2.80. The molecule has 8 heteroatoms. The summed E-state index contributed by atoms with van der Waals surface area (Å²) in [5.41, 5.74) is 0.116. The Morgan fingerprint density at radius 2 is 2.00 bits per heavy atom. The molecule has 1 aliphatic rings. The molecule has 108 valence electrons. The van der Waals surface area contributed by atoms with Crippen molar-refractivity contribution in [2.75, 3.05) is 38.8 Å². The monoisotopic (exact) mass is 282 g/mol. The van der Waals surface area contributed by atoms with E-state index in [2.05, 4.69) is 4.74 Å². The fourth-order valence-corrected chi connectivity index (χ4v) is 1.86. The van der Waals surface area contributed by atoms with Crippen LogP contribution in [0.25, 0.3) is 0 Å². The van der Waals surface area contributed by atoms with Crippen LogP contribution < -0.4 is 14.4 Å². The third-order valence-corrected chi connectivity index (χ3v) is 2.84. The zero-order valence-electron chi connectivity index (χ0n) is 11.1. The summed E-state index contributed by atoms with van der Waals surface area (Å²) in [5.74, 6) is 0.267. The molecule has 2 rings (SSSR count). The number of benzene rings is 1. The summed E-state index contributed by atoms with van der Waals surface area (Å²) in [7, 11) is 2.82. The molecule has 1 aliphatic heterocycles. The zero-order valence-corrected chi connectivity index (χ0v) is 11.1. The van der Waals surface area contributed by atoms with Crippen molar-refractivity contribution in [2.45, 2.75) is 0 Å². The number of carbonyl (C=O) groups is 1. The van der Waals surface area contributed by atoms with Gasteiger partial charge in [0.25, 0.3) is 5.69 Å². The molecule has 0 fully saturated rings. The summed E-state index contributed by atoms with van der Waals surface area (Å²) in [6.07, 6.45) is 0. The van der Waals surface area contributed by atoms with Gasteiger partial charge in [0.05, 0.1) is 18.1 Å². The quantitative estimate of drug-likeness (QED) is 0.461. The van der Waals surface area contributed by atoms with Crippen LogP contribution in [0.2, 0.25) is 0 Å². The predicted molar refractivity (Wildman–Crippen MR) is 69.4 cm³/mol. The summed E-state index contributed by atoms with van der Waals surface area (Å²) < 4.78 is 15.3. The van der Waals surface area contributed by atoms with Crippen LogP contribution in [-0.2, 0) is 9.53 Å². The number of hydrogen-bond acceptors (Lipinski definition) is 7. The number of esters is 1. The highest BCUT2D eigenvalue weighted by Crippen LogP contribution is 2.40. The Kier molecular flexibility index (Phi) is 3.92. The van der Waals surface area contributed by atoms with Crippen LogP contribution in [0.15, 0.2) is 12.1 Å². The topological polar surface area (TPSA) is 91.1 Å². The molecule has 0 bridgehead atoms. The van der Waals surface area contributed by atoms with Crippen LogP contribution >= 0.6 is 0 Å². The molecule has 0 amide bonds. The minimum atomic E-state index is -0.526. The lowest BCUT2D eigenvalue weighted by Gasteiger charge is -2.22. The van der Waals surface area contributed by atoms with Crippen molar-refractivity contribution in [1.29, 1.82) is 0 Å². The Hall–Kier alpha value is -2.51. The van der Waals surface area contributed by atoms with Crippen molar-refractivity contribution in [1.82, 2.24) is 0 Å². The molecule has 1 aromatic rings. The Morgan fingerprint density at radius 3 is 2.55 bits per heavy atom. The van der Waals surface area contributed by atoms with E-state index in [0.717, 1.165) is 0 Å². The van der Waals surface area contributed by atoms with Gasteiger partial charge in [-0.05, 0) is 0 Å². The second-order valence-corrected chi connectivity index (χ2v) is 4.17. The van der Waals surface area contributed by atoms with Crippen LogP contribution in [0.4, 0.5) is 11.4 Å². The number of nitro groups is 1. The lowest BCUT2D eigenvalue weighted by atomic mass is 10.2. The van der Waals surface area contributed by atoms with Crippen molar-refractivity contribution in [3.05, 3.63) is 22.2 Å². The van der Waals surface area contributed by atoms with E-state index in [1.54, 1.807) is 7.05 Å². The van der Waals surface area contributed by atoms with Crippen LogP contribution in [0.5, 0.6) is 11.5 Å². The van der Waals surface area contributed by atoms with Gasteiger partial charge >= 0.3 is 5.97 Å². The summed E-state index contributed by atoms with van der Waals surface area (Å²) >= 11 is 0. The molecule has 0 radical (unpaired) electrons. The molecule has 0 aromatic heterocycles.